The highest BCUT2D eigenvalue weighted by Gasteiger charge is 2.43. The molecular formula is C28H27FN4S. The van der Waals surface area contributed by atoms with Crippen molar-refractivity contribution in [3.63, 3.8) is 0 Å². The van der Waals surface area contributed by atoms with E-state index >= 15 is 4.39 Å². The van der Waals surface area contributed by atoms with E-state index in [1.54, 1.807) is 18.3 Å². The lowest BCUT2D eigenvalue weighted by molar-refractivity contribution is 0.556. The molecule has 0 spiro atoms. The Kier molecular flexibility index (Phi) is 5.70. The summed E-state index contributed by atoms with van der Waals surface area (Å²) in [5.41, 5.74) is 8.19. The normalized spacial score (nSPS) is 17.8. The molecule has 1 saturated heterocycles. The van der Waals surface area contributed by atoms with Crippen LogP contribution in [-0.4, -0.2) is 14.7 Å². The van der Waals surface area contributed by atoms with Crippen molar-refractivity contribution in [1.82, 2.24) is 14.9 Å². The first-order chi connectivity index (χ1) is 16.4. The minimum Gasteiger partial charge on any atom is -0.351 e. The SMILES string of the molecule is Cc1ccc(C)c(-n2c(C)cc([C@H]3[C@@H](c4ccccn4)NC(=S)N3c3ccccc3F)c2C)c1. The number of nitrogens with zero attached hydrogens (tertiary/aromatic N) is 3. The molecule has 2 aromatic heterocycles. The third-order valence-corrected chi connectivity index (χ3v) is 6.92. The van der Waals surface area contributed by atoms with Crippen LogP contribution >= 0.6 is 12.2 Å². The zero-order chi connectivity index (χ0) is 24.0. The quantitative estimate of drug-likeness (QED) is 0.349. The van der Waals surface area contributed by atoms with Crippen LogP contribution < -0.4 is 10.2 Å². The molecule has 0 bridgehead atoms. The topological polar surface area (TPSA) is 33.1 Å². The first-order valence-electron chi connectivity index (χ1n) is 11.4. The van der Waals surface area contributed by atoms with Crippen LogP contribution in [0.2, 0.25) is 0 Å². The van der Waals surface area contributed by atoms with Gasteiger partial charge in [-0.1, -0.05) is 30.3 Å². The van der Waals surface area contributed by atoms with Crippen LogP contribution in [0.15, 0.2) is 72.9 Å². The molecule has 1 aliphatic heterocycles. The van der Waals surface area contributed by atoms with Gasteiger partial charge in [-0.15, -0.1) is 0 Å². The van der Waals surface area contributed by atoms with Crippen molar-refractivity contribution in [2.24, 2.45) is 0 Å². The Labute approximate surface area is 205 Å². The second kappa shape index (κ2) is 8.69. The molecule has 0 unspecified atom stereocenters. The van der Waals surface area contributed by atoms with Gasteiger partial charge in [0.1, 0.15) is 5.82 Å². The fourth-order valence-electron chi connectivity index (χ4n) is 5.00. The van der Waals surface area contributed by atoms with E-state index in [0.29, 0.717) is 10.8 Å². The fraction of sp³-hybridized carbons (Fsp3) is 0.214. The van der Waals surface area contributed by atoms with E-state index < -0.39 is 0 Å². The predicted octanol–water partition coefficient (Wildman–Crippen LogP) is 6.42. The molecule has 1 fully saturated rings. The van der Waals surface area contributed by atoms with Gasteiger partial charge in [0.2, 0.25) is 0 Å². The van der Waals surface area contributed by atoms with E-state index in [0.717, 1.165) is 28.3 Å². The third kappa shape index (κ3) is 3.68. The highest BCUT2D eigenvalue weighted by Crippen LogP contribution is 2.44. The van der Waals surface area contributed by atoms with Crippen molar-refractivity contribution in [3.8, 4) is 5.69 Å². The maximum absolute atomic E-state index is 15.0. The molecule has 5 rings (SSSR count). The number of hydrogen-bond donors (Lipinski definition) is 1. The summed E-state index contributed by atoms with van der Waals surface area (Å²) in [6.45, 7) is 8.47. The van der Waals surface area contributed by atoms with E-state index in [1.165, 1.54) is 17.2 Å². The number of aryl methyl sites for hydroxylation is 3. The zero-order valence-corrected chi connectivity index (χ0v) is 20.5. The predicted molar refractivity (Wildman–Crippen MR) is 139 cm³/mol. The summed E-state index contributed by atoms with van der Waals surface area (Å²) in [5, 5.41) is 3.92. The minimum atomic E-state index is -0.304. The molecule has 0 amide bonds. The molecule has 3 heterocycles. The molecule has 172 valence electrons. The third-order valence-electron chi connectivity index (χ3n) is 6.60. The molecule has 34 heavy (non-hydrogen) atoms. The molecule has 0 radical (unpaired) electrons. The molecule has 6 heteroatoms. The monoisotopic (exact) mass is 470 g/mol. The Balaban J connectivity index is 1.72. The maximum atomic E-state index is 15.0. The number of halogens is 1. The van der Waals surface area contributed by atoms with Crippen LogP contribution in [0, 0.1) is 33.5 Å². The number of benzene rings is 2. The molecular weight excluding hydrogens is 443 g/mol. The average molecular weight is 471 g/mol. The van der Waals surface area contributed by atoms with Gasteiger partial charge in [0.25, 0.3) is 0 Å². The summed E-state index contributed by atoms with van der Waals surface area (Å²) in [6.07, 6.45) is 1.78. The highest BCUT2D eigenvalue weighted by molar-refractivity contribution is 7.80. The Morgan fingerprint density at radius 2 is 1.68 bits per heavy atom. The standard InChI is InChI=1S/C28H27FN4S/c1-17-12-13-18(2)25(15-17)32-19(3)16-21(20(32)4)27-26(23-10-7-8-14-30-23)31-28(34)33(27)24-11-6-5-9-22(24)29/h5-16,26-27H,1-4H3,(H,31,34)/t26-,27+/m1/s1. The van der Waals surface area contributed by atoms with Gasteiger partial charge in [0.05, 0.1) is 23.5 Å². The number of hydrogen-bond acceptors (Lipinski definition) is 2. The Morgan fingerprint density at radius 3 is 2.41 bits per heavy atom. The minimum absolute atomic E-state index is 0.221. The highest BCUT2D eigenvalue weighted by atomic mass is 32.1. The van der Waals surface area contributed by atoms with Crippen molar-refractivity contribution in [2.75, 3.05) is 4.90 Å². The van der Waals surface area contributed by atoms with E-state index in [2.05, 4.69) is 66.8 Å². The largest absolute Gasteiger partial charge is 0.351 e. The van der Waals surface area contributed by atoms with Crippen LogP contribution in [0.5, 0.6) is 0 Å². The summed E-state index contributed by atoms with van der Waals surface area (Å²) in [6, 6.07) is 20.8. The second-order valence-corrected chi connectivity index (χ2v) is 9.29. The molecule has 1 N–H and O–H groups in total. The summed E-state index contributed by atoms with van der Waals surface area (Å²) >= 11 is 5.76. The number of thiocarbonyl (C=S) groups is 1. The molecule has 4 nitrogen and oxygen atoms in total. The number of rotatable bonds is 4. The average Bonchev–Trinajstić information content (AvgIpc) is 3.31. The lowest BCUT2D eigenvalue weighted by Gasteiger charge is -2.28. The van der Waals surface area contributed by atoms with Gasteiger partial charge in [0, 0.05) is 23.3 Å². The van der Waals surface area contributed by atoms with E-state index in [1.807, 2.05) is 29.2 Å². The number of aromatic nitrogens is 2. The van der Waals surface area contributed by atoms with Crippen LogP contribution in [0.3, 0.4) is 0 Å². The molecule has 4 aromatic rings. The Bertz CT molecular complexity index is 1380. The van der Waals surface area contributed by atoms with Crippen molar-refractivity contribution < 1.29 is 4.39 Å². The number of nitrogens with one attached hydrogen (secondary N) is 1. The smallest absolute Gasteiger partial charge is 0.174 e. The van der Waals surface area contributed by atoms with E-state index in [4.69, 9.17) is 12.2 Å². The number of para-hydroxylation sites is 1. The van der Waals surface area contributed by atoms with Crippen molar-refractivity contribution >= 4 is 23.0 Å². The van der Waals surface area contributed by atoms with E-state index in [9.17, 15) is 0 Å². The van der Waals surface area contributed by atoms with E-state index in [-0.39, 0.29) is 17.9 Å². The fourth-order valence-corrected chi connectivity index (χ4v) is 5.33. The first-order valence-corrected chi connectivity index (χ1v) is 11.8. The summed E-state index contributed by atoms with van der Waals surface area (Å²) in [5.74, 6) is -0.304. The van der Waals surface area contributed by atoms with Crippen LogP contribution in [0.1, 0.15) is 45.9 Å². The van der Waals surface area contributed by atoms with Gasteiger partial charge >= 0.3 is 0 Å². The lowest BCUT2D eigenvalue weighted by Crippen LogP contribution is -2.30. The van der Waals surface area contributed by atoms with Crippen molar-refractivity contribution in [2.45, 2.75) is 39.8 Å². The number of pyridine rings is 1. The second-order valence-electron chi connectivity index (χ2n) is 8.90. The maximum Gasteiger partial charge on any atom is 0.174 e. The van der Waals surface area contributed by atoms with Gasteiger partial charge in [-0.25, -0.2) is 4.39 Å². The lowest BCUT2D eigenvalue weighted by atomic mass is 9.96. The molecule has 0 saturated carbocycles. The molecule has 2 atom stereocenters. The summed E-state index contributed by atoms with van der Waals surface area (Å²) in [7, 11) is 0. The van der Waals surface area contributed by atoms with Crippen LogP contribution in [0.25, 0.3) is 5.69 Å². The summed E-state index contributed by atoms with van der Waals surface area (Å²) < 4.78 is 17.3. The van der Waals surface area contributed by atoms with Gasteiger partial charge in [-0.2, -0.15) is 0 Å². The number of anilines is 1. The molecule has 2 aromatic carbocycles. The molecule has 0 aliphatic carbocycles. The Morgan fingerprint density at radius 1 is 0.912 bits per heavy atom. The van der Waals surface area contributed by atoms with Crippen molar-refractivity contribution in [3.05, 3.63) is 113 Å². The zero-order valence-electron chi connectivity index (χ0n) is 19.7. The first kappa shape index (κ1) is 22.3. The van der Waals surface area contributed by atoms with Gasteiger partial charge in [-0.05, 0) is 93.0 Å². The Hall–Kier alpha value is -3.51. The van der Waals surface area contributed by atoms with Crippen LogP contribution in [-0.2, 0) is 0 Å². The van der Waals surface area contributed by atoms with Gasteiger partial charge in [0.15, 0.2) is 5.11 Å². The van der Waals surface area contributed by atoms with Gasteiger partial charge in [-0.3, -0.25) is 4.98 Å². The van der Waals surface area contributed by atoms with Crippen molar-refractivity contribution in [1.29, 1.82) is 0 Å². The van der Waals surface area contributed by atoms with Crippen LogP contribution in [0.4, 0.5) is 10.1 Å². The molecule has 1 aliphatic rings. The van der Waals surface area contributed by atoms with Gasteiger partial charge < -0.3 is 14.8 Å². The summed E-state index contributed by atoms with van der Waals surface area (Å²) in [4.78, 5) is 6.52.